The average molecular weight is 424 g/mol. The molecule has 2 aromatic carbocycles. The van der Waals surface area contributed by atoms with Gasteiger partial charge in [-0.05, 0) is 23.3 Å². The van der Waals surface area contributed by atoms with Crippen LogP contribution >= 0.6 is 0 Å². The Labute approximate surface area is 180 Å². The Morgan fingerprint density at radius 3 is 1.94 bits per heavy atom. The van der Waals surface area contributed by atoms with E-state index < -0.39 is 36.5 Å². The molecule has 1 fully saturated rings. The molecule has 2 aromatic rings. The summed E-state index contributed by atoms with van der Waals surface area (Å²) in [6.07, 6.45) is 1.20. The molecular weight excluding hydrogens is 400 g/mol. The number of rotatable bonds is 7. The van der Waals surface area contributed by atoms with Gasteiger partial charge in [-0.2, -0.15) is 0 Å². The number of aliphatic hydroxyl groups excluding tert-OH is 1. The molecular formula is C24H24O7. The van der Waals surface area contributed by atoms with Crippen LogP contribution < -0.4 is 0 Å². The van der Waals surface area contributed by atoms with Gasteiger partial charge in [0.15, 0.2) is 18.5 Å². The lowest BCUT2D eigenvalue weighted by molar-refractivity contribution is -0.269. The number of hydrogen-bond acceptors (Lipinski definition) is 7. The lowest BCUT2D eigenvalue weighted by Gasteiger charge is -2.37. The number of aliphatic hydroxyl groups is 1. The highest BCUT2D eigenvalue weighted by molar-refractivity contribution is 5.87. The van der Waals surface area contributed by atoms with Crippen LogP contribution in [-0.4, -0.2) is 55.4 Å². The standard InChI is InChI=1S/C24H24O7/c1-28-24-23(31-21(26)15-13-18-10-6-3-7-11-18)22(27)19(16-29-24)30-20(25)14-12-17-8-4-2-5-9-17/h2-15,19,22-24,27H,16H2,1H3/b14-12-,15-13-/t19-,22+,23-,24-/m1/s1. The van der Waals surface area contributed by atoms with E-state index in [0.717, 1.165) is 11.1 Å². The van der Waals surface area contributed by atoms with Crippen LogP contribution in [-0.2, 0) is 28.5 Å². The third-order valence-corrected chi connectivity index (χ3v) is 4.59. The molecule has 0 aliphatic carbocycles. The van der Waals surface area contributed by atoms with Crippen molar-refractivity contribution in [2.45, 2.75) is 24.6 Å². The monoisotopic (exact) mass is 424 g/mol. The molecule has 0 aromatic heterocycles. The van der Waals surface area contributed by atoms with Crippen molar-refractivity contribution in [1.82, 2.24) is 0 Å². The minimum Gasteiger partial charge on any atom is -0.454 e. The lowest BCUT2D eigenvalue weighted by atomic mass is 10.0. The van der Waals surface area contributed by atoms with Crippen molar-refractivity contribution in [2.75, 3.05) is 13.7 Å². The summed E-state index contributed by atoms with van der Waals surface area (Å²) in [6, 6.07) is 18.5. The average Bonchev–Trinajstić information content (AvgIpc) is 2.80. The van der Waals surface area contributed by atoms with E-state index in [-0.39, 0.29) is 6.61 Å². The molecule has 7 heteroatoms. The van der Waals surface area contributed by atoms with Crippen molar-refractivity contribution in [2.24, 2.45) is 0 Å². The van der Waals surface area contributed by atoms with Crippen molar-refractivity contribution in [3.8, 4) is 0 Å². The molecule has 1 aliphatic rings. The highest BCUT2D eigenvalue weighted by atomic mass is 16.7. The lowest BCUT2D eigenvalue weighted by Crippen LogP contribution is -2.56. The van der Waals surface area contributed by atoms with E-state index in [1.54, 1.807) is 12.2 Å². The van der Waals surface area contributed by atoms with E-state index in [2.05, 4.69) is 0 Å². The van der Waals surface area contributed by atoms with Crippen LogP contribution in [0.15, 0.2) is 72.8 Å². The predicted octanol–water partition coefficient (Wildman–Crippen LogP) is 2.60. The highest BCUT2D eigenvalue weighted by Gasteiger charge is 2.44. The Morgan fingerprint density at radius 1 is 0.903 bits per heavy atom. The van der Waals surface area contributed by atoms with Gasteiger partial charge in [0.05, 0.1) is 6.61 Å². The summed E-state index contributed by atoms with van der Waals surface area (Å²) < 4.78 is 21.3. The van der Waals surface area contributed by atoms with Crippen molar-refractivity contribution < 1.29 is 33.6 Å². The van der Waals surface area contributed by atoms with Crippen LogP contribution in [0.4, 0.5) is 0 Å². The molecule has 7 nitrogen and oxygen atoms in total. The molecule has 31 heavy (non-hydrogen) atoms. The molecule has 1 saturated heterocycles. The highest BCUT2D eigenvalue weighted by Crippen LogP contribution is 2.22. The van der Waals surface area contributed by atoms with Gasteiger partial charge in [0.2, 0.25) is 0 Å². The quantitative estimate of drug-likeness (QED) is 0.540. The Hall–Kier alpha value is -3.26. The second-order valence-corrected chi connectivity index (χ2v) is 6.79. The number of carbonyl (C=O) groups is 2. The Kier molecular flexibility index (Phi) is 8.12. The first-order chi connectivity index (χ1) is 15.1. The fourth-order valence-electron chi connectivity index (χ4n) is 3.01. The van der Waals surface area contributed by atoms with Crippen LogP contribution in [0, 0.1) is 0 Å². The second-order valence-electron chi connectivity index (χ2n) is 6.79. The topological polar surface area (TPSA) is 91.3 Å². The Morgan fingerprint density at radius 2 is 1.42 bits per heavy atom. The minimum atomic E-state index is -1.32. The summed E-state index contributed by atoms with van der Waals surface area (Å²) in [6.45, 7) is -0.0987. The fourth-order valence-corrected chi connectivity index (χ4v) is 3.01. The number of ether oxygens (including phenoxy) is 4. The fraction of sp³-hybridized carbons (Fsp3) is 0.250. The van der Waals surface area contributed by atoms with Crippen LogP contribution in [0.5, 0.6) is 0 Å². The summed E-state index contributed by atoms with van der Waals surface area (Å²) in [4.78, 5) is 24.4. The van der Waals surface area contributed by atoms with Crippen LogP contribution in [0.3, 0.4) is 0 Å². The Bertz CT molecular complexity index is 908. The molecule has 3 rings (SSSR count). The van der Waals surface area contributed by atoms with E-state index in [1.165, 1.54) is 19.3 Å². The first kappa shape index (κ1) is 22.4. The van der Waals surface area contributed by atoms with Gasteiger partial charge in [-0.25, -0.2) is 9.59 Å². The van der Waals surface area contributed by atoms with E-state index in [9.17, 15) is 14.7 Å². The van der Waals surface area contributed by atoms with Gasteiger partial charge in [-0.3, -0.25) is 0 Å². The zero-order valence-electron chi connectivity index (χ0n) is 17.0. The minimum absolute atomic E-state index is 0.0987. The first-order valence-corrected chi connectivity index (χ1v) is 9.77. The normalized spacial score (nSPS) is 23.7. The third-order valence-electron chi connectivity index (χ3n) is 4.59. The molecule has 0 spiro atoms. The number of esters is 2. The van der Waals surface area contributed by atoms with Crippen LogP contribution in [0.2, 0.25) is 0 Å². The molecule has 162 valence electrons. The largest absolute Gasteiger partial charge is 0.454 e. The molecule has 0 unspecified atom stereocenters. The number of benzene rings is 2. The zero-order valence-corrected chi connectivity index (χ0v) is 17.0. The predicted molar refractivity (Wildman–Crippen MR) is 113 cm³/mol. The van der Waals surface area contributed by atoms with Gasteiger partial charge < -0.3 is 24.1 Å². The van der Waals surface area contributed by atoms with E-state index in [1.807, 2.05) is 60.7 Å². The van der Waals surface area contributed by atoms with Gasteiger partial charge in [0, 0.05) is 19.3 Å². The number of methoxy groups -OCH3 is 1. The molecule has 1 aliphatic heterocycles. The number of carbonyl (C=O) groups excluding carboxylic acids is 2. The van der Waals surface area contributed by atoms with Gasteiger partial charge in [0.1, 0.15) is 6.10 Å². The van der Waals surface area contributed by atoms with Gasteiger partial charge in [0.25, 0.3) is 0 Å². The van der Waals surface area contributed by atoms with Gasteiger partial charge >= 0.3 is 11.9 Å². The van der Waals surface area contributed by atoms with Crippen molar-refractivity contribution in [3.05, 3.63) is 83.9 Å². The van der Waals surface area contributed by atoms with Gasteiger partial charge in [-0.1, -0.05) is 60.7 Å². The molecule has 0 saturated carbocycles. The molecule has 0 amide bonds. The maximum Gasteiger partial charge on any atom is 0.331 e. The van der Waals surface area contributed by atoms with E-state index >= 15 is 0 Å². The molecule has 0 radical (unpaired) electrons. The summed E-state index contributed by atoms with van der Waals surface area (Å²) >= 11 is 0. The zero-order chi connectivity index (χ0) is 22.1. The summed E-state index contributed by atoms with van der Waals surface area (Å²) in [5.41, 5.74) is 1.65. The number of hydrogen-bond donors (Lipinski definition) is 1. The molecule has 1 N–H and O–H groups in total. The Balaban J connectivity index is 1.60. The smallest absolute Gasteiger partial charge is 0.331 e. The van der Waals surface area contributed by atoms with E-state index in [4.69, 9.17) is 18.9 Å². The van der Waals surface area contributed by atoms with Crippen molar-refractivity contribution in [3.63, 3.8) is 0 Å². The third kappa shape index (κ3) is 6.62. The SMILES string of the molecule is CO[C@@H]1OC[C@@H](OC(=O)/C=C\c2ccccc2)[C@H](O)[C@H]1OC(=O)/C=C\c1ccccc1. The maximum atomic E-state index is 12.2. The first-order valence-electron chi connectivity index (χ1n) is 9.77. The second kappa shape index (κ2) is 11.2. The summed E-state index contributed by atoms with van der Waals surface area (Å²) in [5, 5.41) is 10.6. The van der Waals surface area contributed by atoms with Crippen molar-refractivity contribution >= 4 is 24.1 Å². The maximum absolute atomic E-state index is 12.2. The van der Waals surface area contributed by atoms with Crippen LogP contribution in [0.25, 0.3) is 12.2 Å². The van der Waals surface area contributed by atoms with E-state index in [0.29, 0.717) is 0 Å². The van der Waals surface area contributed by atoms with Crippen molar-refractivity contribution in [1.29, 1.82) is 0 Å². The summed E-state index contributed by atoms with van der Waals surface area (Å²) in [5.74, 6) is -1.34. The van der Waals surface area contributed by atoms with Gasteiger partial charge in [-0.15, -0.1) is 0 Å². The molecule has 0 bridgehead atoms. The van der Waals surface area contributed by atoms with Crippen LogP contribution in [0.1, 0.15) is 11.1 Å². The summed E-state index contributed by atoms with van der Waals surface area (Å²) in [7, 11) is 1.37. The molecule has 4 atom stereocenters. The molecule has 1 heterocycles.